The van der Waals surface area contributed by atoms with Gasteiger partial charge in [0.15, 0.2) is 0 Å². The van der Waals surface area contributed by atoms with E-state index in [0.717, 1.165) is 0 Å². The zero-order chi connectivity index (χ0) is 37.6. The van der Waals surface area contributed by atoms with E-state index in [4.69, 9.17) is 10.5 Å². The summed E-state index contributed by atoms with van der Waals surface area (Å²) in [6, 6.07) is 3.44. The van der Waals surface area contributed by atoms with Crippen molar-refractivity contribution in [1.82, 2.24) is 20.9 Å². The maximum Gasteiger partial charge on any atom is 0.312 e. The van der Waals surface area contributed by atoms with Crippen molar-refractivity contribution in [3.63, 3.8) is 0 Å². The number of imide groups is 1. The van der Waals surface area contributed by atoms with Gasteiger partial charge >= 0.3 is 12.0 Å². The normalized spacial score (nSPS) is 16.0. The minimum atomic E-state index is -1.33. The number of hydrogen-bond donors (Lipinski definition) is 6. The SMILES string of the molecule is CC(C)(C)C(=O)OCc1ccc(NC(=O)[C@H](CCCNC(N)=O)NC(=O)[C@H](CO)NC(=O)CCCCCN2C(=O)CC(C(C)(C)C)C2=O)cc1. The first kappa shape index (κ1) is 41.6. The number of ether oxygens (including phenoxy) is 1. The van der Waals surface area contributed by atoms with Gasteiger partial charge in [0.2, 0.25) is 29.5 Å². The van der Waals surface area contributed by atoms with Crippen LogP contribution in [0.3, 0.4) is 0 Å². The van der Waals surface area contributed by atoms with E-state index in [1.54, 1.807) is 45.0 Å². The fourth-order valence-corrected chi connectivity index (χ4v) is 5.13. The van der Waals surface area contributed by atoms with Crippen molar-refractivity contribution in [3.05, 3.63) is 29.8 Å². The summed E-state index contributed by atoms with van der Waals surface area (Å²) in [6.45, 7) is 10.8. The monoisotopic (exact) mass is 702 g/mol. The van der Waals surface area contributed by atoms with Crippen LogP contribution < -0.4 is 27.0 Å². The third kappa shape index (κ3) is 13.8. The standard InChI is InChI=1S/C35H54N6O9/c1-34(2,3)24-19-28(44)41(31(24)47)18-9-7-8-12-27(43)39-26(20-42)30(46)40-25(11-10-17-37-33(36)49)29(45)38-23-15-13-22(14-16-23)21-50-32(48)35(4,5)6/h13-16,24-26,42H,7-12,17-21H2,1-6H3,(H,38,45)(H,39,43)(H,40,46)(H3,36,37,49)/t24?,25-,26-/m0/s1. The minimum Gasteiger partial charge on any atom is -0.460 e. The molecule has 15 heteroatoms. The second kappa shape index (κ2) is 19.0. The lowest BCUT2D eigenvalue weighted by molar-refractivity contribution is -0.154. The molecule has 3 atom stereocenters. The lowest BCUT2D eigenvalue weighted by Crippen LogP contribution is -2.54. The summed E-state index contributed by atoms with van der Waals surface area (Å²) in [5, 5.41) is 20.1. The van der Waals surface area contributed by atoms with Crippen LogP contribution in [0.5, 0.6) is 0 Å². The van der Waals surface area contributed by atoms with Gasteiger partial charge in [0.05, 0.1) is 17.9 Å². The highest BCUT2D eigenvalue weighted by Gasteiger charge is 2.44. The van der Waals surface area contributed by atoms with E-state index in [-0.39, 0.29) is 74.5 Å². The van der Waals surface area contributed by atoms with Crippen LogP contribution >= 0.6 is 0 Å². The molecule has 1 aromatic carbocycles. The number of benzene rings is 1. The van der Waals surface area contributed by atoms with Crippen LogP contribution in [0.2, 0.25) is 0 Å². The summed E-state index contributed by atoms with van der Waals surface area (Å²) in [6.07, 6.45) is 2.15. The quantitative estimate of drug-likeness (QED) is 0.0747. The summed E-state index contributed by atoms with van der Waals surface area (Å²) in [7, 11) is 0. The number of nitrogens with two attached hydrogens (primary N) is 1. The molecule has 0 bridgehead atoms. The molecule has 0 aromatic heterocycles. The second-order valence-corrected chi connectivity index (χ2v) is 14.6. The van der Waals surface area contributed by atoms with Gasteiger partial charge in [0.1, 0.15) is 18.7 Å². The second-order valence-electron chi connectivity index (χ2n) is 14.6. The molecule has 278 valence electrons. The Morgan fingerprint density at radius 1 is 0.920 bits per heavy atom. The molecule has 0 spiro atoms. The van der Waals surface area contributed by atoms with Crippen molar-refractivity contribution in [2.24, 2.45) is 22.5 Å². The van der Waals surface area contributed by atoms with Gasteiger partial charge in [-0.1, -0.05) is 39.3 Å². The van der Waals surface area contributed by atoms with Crippen LogP contribution in [-0.4, -0.2) is 83.3 Å². The number of amides is 7. The molecule has 15 nitrogen and oxygen atoms in total. The van der Waals surface area contributed by atoms with Crippen LogP contribution in [0.4, 0.5) is 10.5 Å². The first-order valence-electron chi connectivity index (χ1n) is 17.0. The highest BCUT2D eigenvalue weighted by molar-refractivity contribution is 6.04. The molecule has 1 unspecified atom stereocenters. The van der Waals surface area contributed by atoms with Gasteiger partial charge < -0.3 is 36.8 Å². The van der Waals surface area contributed by atoms with E-state index in [0.29, 0.717) is 30.5 Å². The van der Waals surface area contributed by atoms with Crippen molar-refractivity contribution in [1.29, 1.82) is 0 Å². The number of carbonyl (C=O) groups is 7. The fraction of sp³-hybridized carbons (Fsp3) is 0.629. The Morgan fingerprint density at radius 3 is 2.14 bits per heavy atom. The number of unbranched alkanes of at least 4 members (excludes halogenated alkanes) is 2. The Bertz CT molecular complexity index is 1370. The lowest BCUT2D eigenvalue weighted by Gasteiger charge is -2.24. The van der Waals surface area contributed by atoms with E-state index < -0.39 is 47.9 Å². The number of likely N-dealkylation sites (tertiary alicyclic amines) is 1. The number of esters is 1. The molecule has 1 aliphatic rings. The number of primary amides is 1. The van der Waals surface area contributed by atoms with Crippen molar-refractivity contribution in [2.75, 3.05) is 25.0 Å². The van der Waals surface area contributed by atoms with E-state index in [2.05, 4.69) is 21.3 Å². The number of anilines is 1. The number of aliphatic hydroxyl groups is 1. The molecular formula is C35H54N6O9. The number of nitrogens with one attached hydrogen (secondary N) is 4. The molecule has 50 heavy (non-hydrogen) atoms. The van der Waals surface area contributed by atoms with E-state index in [1.165, 1.54) is 4.90 Å². The first-order valence-corrected chi connectivity index (χ1v) is 17.0. The van der Waals surface area contributed by atoms with E-state index in [1.807, 2.05) is 20.8 Å². The molecule has 7 amide bonds. The Labute approximate surface area is 293 Å². The smallest absolute Gasteiger partial charge is 0.312 e. The molecule has 1 aromatic rings. The molecule has 0 saturated carbocycles. The van der Waals surface area contributed by atoms with E-state index in [9.17, 15) is 38.7 Å². The Kier molecular flexibility index (Phi) is 15.8. The zero-order valence-corrected chi connectivity index (χ0v) is 30.1. The first-order chi connectivity index (χ1) is 23.3. The number of nitrogens with zero attached hydrogens (tertiary/aromatic N) is 1. The summed E-state index contributed by atoms with van der Waals surface area (Å²) in [5.74, 6) is -2.88. The Morgan fingerprint density at radius 2 is 1.58 bits per heavy atom. The number of hydrogen-bond acceptors (Lipinski definition) is 9. The summed E-state index contributed by atoms with van der Waals surface area (Å²) in [5.41, 5.74) is 5.28. The van der Waals surface area contributed by atoms with Gasteiger partial charge in [0, 0.05) is 31.6 Å². The summed E-state index contributed by atoms with van der Waals surface area (Å²) >= 11 is 0. The molecule has 0 aliphatic carbocycles. The van der Waals surface area contributed by atoms with Crippen molar-refractivity contribution in [2.45, 2.75) is 105 Å². The molecule has 1 fully saturated rings. The van der Waals surface area contributed by atoms with Crippen molar-refractivity contribution >= 4 is 47.2 Å². The summed E-state index contributed by atoms with van der Waals surface area (Å²) < 4.78 is 5.31. The van der Waals surface area contributed by atoms with Crippen LogP contribution in [0.15, 0.2) is 24.3 Å². The highest BCUT2D eigenvalue weighted by atomic mass is 16.5. The molecular weight excluding hydrogens is 648 g/mol. The number of rotatable bonds is 18. The minimum absolute atomic E-state index is 0.0460. The van der Waals surface area contributed by atoms with Crippen LogP contribution in [0.1, 0.15) is 92.1 Å². The highest BCUT2D eigenvalue weighted by Crippen LogP contribution is 2.35. The Hall–Kier alpha value is -4.53. The third-order valence-corrected chi connectivity index (χ3v) is 8.21. The van der Waals surface area contributed by atoms with Crippen molar-refractivity contribution in [3.8, 4) is 0 Å². The predicted molar refractivity (Wildman–Crippen MR) is 185 cm³/mol. The molecule has 0 radical (unpaired) electrons. The lowest BCUT2D eigenvalue weighted by atomic mass is 9.80. The van der Waals surface area contributed by atoms with Gasteiger partial charge in [-0.25, -0.2) is 4.79 Å². The maximum atomic E-state index is 13.2. The van der Waals surface area contributed by atoms with Gasteiger partial charge in [0.25, 0.3) is 0 Å². The Balaban J connectivity index is 1.90. The molecule has 1 heterocycles. The fourth-order valence-electron chi connectivity index (χ4n) is 5.13. The van der Waals surface area contributed by atoms with Crippen molar-refractivity contribution < 1.29 is 43.4 Å². The maximum absolute atomic E-state index is 13.2. The van der Waals surface area contributed by atoms with Gasteiger partial charge in [-0.15, -0.1) is 0 Å². The van der Waals surface area contributed by atoms with Crippen LogP contribution in [0.25, 0.3) is 0 Å². The summed E-state index contributed by atoms with van der Waals surface area (Å²) in [4.78, 5) is 88.3. The van der Waals surface area contributed by atoms with Gasteiger partial charge in [-0.3, -0.25) is 33.7 Å². The molecule has 2 rings (SSSR count). The third-order valence-electron chi connectivity index (χ3n) is 8.21. The number of aliphatic hydroxyl groups excluding tert-OH is 1. The average molecular weight is 703 g/mol. The van der Waals surface area contributed by atoms with Crippen LogP contribution in [0, 0.1) is 16.7 Å². The van der Waals surface area contributed by atoms with Gasteiger partial charge in [-0.05, 0) is 69.6 Å². The molecule has 1 aliphatic heterocycles. The largest absolute Gasteiger partial charge is 0.460 e. The van der Waals surface area contributed by atoms with Crippen LogP contribution in [-0.2, 0) is 40.1 Å². The predicted octanol–water partition coefficient (Wildman–Crippen LogP) is 2.11. The number of carbonyl (C=O) groups excluding carboxylic acids is 7. The molecule has 1 saturated heterocycles. The van der Waals surface area contributed by atoms with E-state index >= 15 is 0 Å². The topological polar surface area (TPSA) is 226 Å². The zero-order valence-electron chi connectivity index (χ0n) is 30.1. The average Bonchev–Trinajstić information content (AvgIpc) is 3.32. The molecule has 7 N–H and O–H groups in total. The van der Waals surface area contributed by atoms with Gasteiger partial charge in [-0.2, -0.15) is 0 Å². The number of urea groups is 1.